The van der Waals surface area contributed by atoms with Crippen molar-refractivity contribution in [2.24, 2.45) is 0 Å². The molecule has 0 saturated carbocycles. The summed E-state index contributed by atoms with van der Waals surface area (Å²) in [5.74, 6) is 0.640. The molecule has 0 saturated heterocycles. The molecule has 0 aliphatic heterocycles. The van der Waals surface area contributed by atoms with Gasteiger partial charge < -0.3 is 10.6 Å². The van der Waals surface area contributed by atoms with E-state index in [9.17, 15) is 0 Å². The largest absolute Gasteiger partial charge is 0.357 e. The summed E-state index contributed by atoms with van der Waals surface area (Å²) in [4.78, 5) is 11.6. The Morgan fingerprint density at radius 1 is 1.36 bits per heavy atom. The zero-order chi connectivity index (χ0) is 10.6. The van der Waals surface area contributed by atoms with Crippen LogP contribution in [0.2, 0.25) is 5.28 Å². The van der Waals surface area contributed by atoms with Crippen LogP contribution in [0.25, 0.3) is 0 Å². The average Bonchev–Trinajstić information content (AvgIpc) is 2.16. The summed E-state index contributed by atoms with van der Waals surface area (Å²) in [6.45, 7) is 1.69. The van der Waals surface area contributed by atoms with Gasteiger partial charge >= 0.3 is 0 Å². The van der Waals surface area contributed by atoms with E-state index in [-0.39, 0.29) is 17.3 Å². The molecule has 2 N–H and O–H groups in total. The van der Waals surface area contributed by atoms with Gasteiger partial charge in [-0.2, -0.15) is 20.2 Å². The van der Waals surface area contributed by atoms with Crippen LogP contribution in [0.4, 0.5) is 11.9 Å². The quantitative estimate of drug-likeness (QED) is 0.774. The van der Waals surface area contributed by atoms with Crippen molar-refractivity contribution in [2.75, 3.05) is 17.7 Å². The highest BCUT2D eigenvalue weighted by molar-refractivity contribution is 6.28. The third kappa shape index (κ3) is 2.71. The van der Waals surface area contributed by atoms with Crippen LogP contribution < -0.4 is 10.6 Å². The number of nitriles is 1. The van der Waals surface area contributed by atoms with Crippen LogP contribution in [-0.4, -0.2) is 28.0 Å². The molecular formula is C7H9ClN6. The van der Waals surface area contributed by atoms with Crippen molar-refractivity contribution in [2.45, 2.75) is 13.0 Å². The van der Waals surface area contributed by atoms with E-state index in [0.29, 0.717) is 5.95 Å². The summed E-state index contributed by atoms with van der Waals surface area (Å²) >= 11 is 5.63. The van der Waals surface area contributed by atoms with Crippen LogP contribution in [0, 0.1) is 11.3 Å². The van der Waals surface area contributed by atoms with Crippen LogP contribution in [0.3, 0.4) is 0 Å². The van der Waals surface area contributed by atoms with Gasteiger partial charge in [-0.1, -0.05) is 0 Å². The molecule has 0 bridgehead atoms. The lowest BCUT2D eigenvalue weighted by atomic mass is 10.4. The number of hydrogen-bond donors (Lipinski definition) is 2. The van der Waals surface area contributed by atoms with Crippen LogP contribution in [0.1, 0.15) is 6.92 Å². The van der Waals surface area contributed by atoms with Gasteiger partial charge in [-0.05, 0) is 18.5 Å². The van der Waals surface area contributed by atoms with Gasteiger partial charge in [-0.3, -0.25) is 0 Å². The summed E-state index contributed by atoms with van der Waals surface area (Å²) in [5.41, 5.74) is 0. The molecule has 14 heavy (non-hydrogen) atoms. The molecule has 0 fully saturated rings. The van der Waals surface area contributed by atoms with Crippen LogP contribution >= 0.6 is 11.6 Å². The normalized spacial score (nSPS) is 11.6. The first-order valence-corrected chi connectivity index (χ1v) is 4.29. The van der Waals surface area contributed by atoms with Crippen molar-refractivity contribution in [3.63, 3.8) is 0 Å². The van der Waals surface area contributed by atoms with E-state index in [0.717, 1.165) is 0 Å². The minimum absolute atomic E-state index is 0.0805. The third-order valence-corrected chi connectivity index (χ3v) is 1.54. The van der Waals surface area contributed by atoms with Crippen LogP contribution in [-0.2, 0) is 0 Å². The number of anilines is 2. The van der Waals surface area contributed by atoms with Gasteiger partial charge in [0.1, 0.15) is 6.04 Å². The number of halogens is 1. The minimum atomic E-state index is -0.377. The second kappa shape index (κ2) is 4.58. The zero-order valence-electron chi connectivity index (χ0n) is 7.74. The molecule has 7 heteroatoms. The van der Waals surface area contributed by atoms with Gasteiger partial charge in [0.15, 0.2) is 0 Å². The van der Waals surface area contributed by atoms with E-state index < -0.39 is 0 Å². The molecule has 0 aliphatic rings. The van der Waals surface area contributed by atoms with Gasteiger partial charge in [0.05, 0.1) is 6.07 Å². The summed E-state index contributed by atoms with van der Waals surface area (Å²) in [5, 5.41) is 14.1. The van der Waals surface area contributed by atoms with Crippen LogP contribution in [0.15, 0.2) is 0 Å². The Morgan fingerprint density at radius 2 is 2.00 bits per heavy atom. The maximum atomic E-state index is 8.56. The Labute approximate surface area is 86.3 Å². The van der Waals surface area contributed by atoms with Gasteiger partial charge in [-0.15, -0.1) is 0 Å². The predicted octanol–water partition coefficient (Wildman–Crippen LogP) is 0.891. The van der Waals surface area contributed by atoms with Crippen molar-refractivity contribution in [1.82, 2.24) is 15.0 Å². The fourth-order valence-electron chi connectivity index (χ4n) is 0.752. The maximum Gasteiger partial charge on any atom is 0.229 e. The van der Waals surface area contributed by atoms with Gasteiger partial charge in [0.25, 0.3) is 0 Å². The summed E-state index contributed by atoms with van der Waals surface area (Å²) in [7, 11) is 1.67. The Morgan fingerprint density at radius 3 is 2.57 bits per heavy atom. The van der Waals surface area contributed by atoms with Crippen molar-refractivity contribution in [3.8, 4) is 6.07 Å². The van der Waals surface area contributed by atoms with E-state index in [1.54, 1.807) is 14.0 Å². The SMILES string of the molecule is CNc1nc(Cl)nc(NC(C)C#N)n1. The Kier molecular flexibility index (Phi) is 3.42. The van der Waals surface area contributed by atoms with E-state index in [1.807, 2.05) is 6.07 Å². The van der Waals surface area contributed by atoms with Crippen molar-refractivity contribution >= 4 is 23.5 Å². The molecule has 1 aromatic heterocycles. The number of rotatable bonds is 3. The molecule has 1 aromatic rings. The predicted molar refractivity (Wildman–Crippen MR) is 53.1 cm³/mol. The standard InChI is InChI=1S/C7H9ClN6/c1-4(3-9)11-7-13-5(8)12-6(10-2)14-7/h4H,1-2H3,(H2,10,11,12,13,14). The molecule has 0 aromatic carbocycles. The summed E-state index contributed by atoms with van der Waals surface area (Å²) < 4.78 is 0. The molecule has 1 unspecified atom stereocenters. The molecule has 1 heterocycles. The highest BCUT2D eigenvalue weighted by Gasteiger charge is 2.05. The molecule has 6 nitrogen and oxygen atoms in total. The topological polar surface area (TPSA) is 86.5 Å². The third-order valence-electron chi connectivity index (χ3n) is 1.37. The van der Waals surface area contributed by atoms with Crippen molar-refractivity contribution in [3.05, 3.63) is 5.28 Å². The fourth-order valence-corrected chi connectivity index (χ4v) is 0.912. The van der Waals surface area contributed by atoms with E-state index in [1.165, 1.54) is 0 Å². The monoisotopic (exact) mass is 212 g/mol. The molecule has 0 radical (unpaired) electrons. The molecule has 1 rings (SSSR count). The maximum absolute atomic E-state index is 8.56. The molecular weight excluding hydrogens is 204 g/mol. The number of nitrogens with one attached hydrogen (secondary N) is 2. The first-order valence-electron chi connectivity index (χ1n) is 3.91. The number of aromatic nitrogens is 3. The molecule has 0 spiro atoms. The van der Waals surface area contributed by atoms with E-state index >= 15 is 0 Å². The van der Waals surface area contributed by atoms with Gasteiger partial charge in [-0.25, -0.2) is 0 Å². The highest BCUT2D eigenvalue weighted by Crippen LogP contribution is 2.09. The van der Waals surface area contributed by atoms with Crippen molar-refractivity contribution in [1.29, 1.82) is 5.26 Å². The second-order valence-electron chi connectivity index (χ2n) is 2.50. The Bertz CT molecular complexity index is 360. The zero-order valence-corrected chi connectivity index (χ0v) is 8.50. The summed E-state index contributed by atoms with van der Waals surface area (Å²) in [6.07, 6.45) is 0. The number of nitrogens with zero attached hydrogens (tertiary/aromatic N) is 4. The first-order chi connectivity index (χ1) is 6.65. The molecule has 0 amide bonds. The Balaban J connectivity index is 2.87. The van der Waals surface area contributed by atoms with Gasteiger partial charge in [0, 0.05) is 7.05 Å². The highest BCUT2D eigenvalue weighted by atomic mass is 35.5. The summed E-state index contributed by atoms with van der Waals surface area (Å²) in [6, 6.07) is 1.62. The van der Waals surface area contributed by atoms with E-state index in [2.05, 4.69) is 25.6 Å². The average molecular weight is 213 g/mol. The lowest BCUT2D eigenvalue weighted by Crippen LogP contribution is -2.15. The van der Waals surface area contributed by atoms with Crippen LogP contribution in [0.5, 0.6) is 0 Å². The second-order valence-corrected chi connectivity index (χ2v) is 2.83. The fraction of sp³-hybridized carbons (Fsp3) is 0.429. The molecule has 0 aliphatic carbocycles. The number of hydrogen-bond acceptors (Lipinski definition) is 6. The lowest BCUT2D eigenvalue weighted by molar-refractivity contribution is 0.946. The van der Waals surface area contributed by atoms with Gasteiger partial charge in [0.2, 0.25) is 17.2 Å². The van der Waals surface area contributed by atoms with E-state index in [4.69, 9.17) is 16.9 Å². The lowest BCUT2D eigenvalue weighted by Gasteiger charge is -2.06. The molecule has 1 atom stereocenters. The smallest absolute Gasteiger partial charge is 0.229 e. The minimum Gasteiger partial charge on any atom is -0.357 e. The van der Waals surface area contributed by atoms with Crippen molar-refractivity contribution < 1.29 is 0 Å². The molecule has 74 valence electrons. The first kappa shape index (κ1) is 10.5. The Hall–Kier alpha value is -1.61.